The molecule has 1 amide bonds. The Morgan fingerprint density at radius 3 is 1.88 bits per heavy atom. The molecule has 138 valence electrons. The first-order valence-electron chi connectivity index (χ1n) is 7.83. The number of carbonyl (C=O) groups is 1. The molecule has 0 aliphatic carbocycles. The monoisotopic (exact) mass is 358 g/mol. The average Bonchev–Trinajstić information content (AvgIpc) is 2.70. The first-order chi connectivity index (χ1) is 12.5. The first-order valence-corrected chi connectivity index (χ1v) is 7.83. The van der Waals surface area contributed by atoms with Gasteiger partial charge in [-0.05, 0) is 48.9 Å². The van der Waals surface area contributed by atoms with Crippen LogP contribution in [0, 0.1) is 0 Å². The molecule has 2 aromatic carbocycles. The van der Waals surface area contributed by atoms with Crippen molar-refractivity contribution in [3.05, 3.63) is 47.5 Å². The van der Waals surface area contributed by atoms with Crippen molar-refractivity contribution in [3.8, 4) is 23.0 Å². The van der Waals surface area contributed by atoms with Crippen LogP contribution in [-0.2, 0) is 0 Å². The molecule has 2 rings (SSSR count). The van der Waals surface area contributed by atoms with E-state index in [-0.39, 0.29) is 0 Å². The van der Waals surface area contributed by atoms with Gasteiger partial charge < -0.3 is 18.9 Å². The fraction of sp³-hybridized carbons (Fsp3) is 0.263. The van der Waals surface area contributed by atoms with Crippen LogP contribution in [0.3, 0.4) is 0 Å². The van der Waals surface area contributed by atoms with E-state index in [1.54, 1.807) is 26.2 Å². The van der Waals surface area contributed by atoms with Crippen LogP contribution in [0.15, 0.2) is 41.5 Å². The zero-order valence-corrected chi connectivity index (χ0v) is 15.5. The van der Waals surface area contributed by atoms with Gasteiger partial charge in [-0.15, -0.1) is 0 Å². The quantitative estimate of drug-likeness (QED) is 0.608. The van der Waals surface area contributed by atoms with E-state index in [0.29, 0.717) is 28.5 Å². The van der Waals surface area contributed by atoms with Crippen molar-refractivity contribution < 1.29 is 23.7 Å². The smallest absolute Gasteiger partial charge is 0.271 e. The number of rotatable bonds is 7. The van der Waals surface area contributed by atoms with Gasteiger partial charge in [-0.3, -0.25) is 4.79 Å². The number of benzene rings is 2. The number of hydrogen-bond acceptors (Lipinski definition) is 6. The lowest BCUT2D eigenvalue weighted by atomic mass is 10.1. The van der Waals surface area contributed by atoms with Crippen molar-refractivity contribution >= 4 is 11.6 Å². The maximum atomic E-state index is 12.4. The highest BCUT2D eigenvalue weighted by Crippen LogP contribution is 2.38. The molecule has 0 heterocycles. The summed E-state index contributed by atoms with van der Waals surface area (Å²) in [5, 5.41) is 4.14. The molecular formula is C19H22N2O5. The molecule has 7 nitrogen and oxygen atoms in total. The van der Waals surface area contributed by atoms with Crippen molar-refractivity contribution in [3.63, 3.8) is 0 Å². The van der Waals surface area contributed by atoms with Gasteiger partial charge in [0, 0.05) is 5.56 Å². The second-order valence-corrected chi connectivity index (χ2v) is 5.28. The normalized spacial score (nSPS) is 10.9. The van der Waals surface area contributed by atoms with Crippen LogP contribution in [0.25, 0.3) is 0 Å². The average molecular weight is 358 g/mol. The lowest BCUT2D eigenvalue weighted by molar-refractivity contribution is 0.0954. The molecule has 26 heavy (non-hydrogen) atoms. The predicted molar refractivity (Wildman–Crippen MR) is 98.8 cm³/mol. The zero-order chi connectivity index (χ0) is 19.1. The molecule has 0 saturated heterocycles. The Kier molecular flexibility index (Phi) is 6.43. The molecule has 0 unspecified atom stereocenters. The standard InChI is InChI=1S/C19H22N2O5/c1-12(13-6-8-15(23-2)9-7-13)20-21-19(22)14-10-16(24-3)18(26-5)17(11-14)25-4/h6-11H,1-5H3,(H,21,22)/b20-12-. The summed E-state index contributed by atoms with van der Waals surface area (Å²) in [4.78, 5) is 12.4. The number of nitrogens with one attached hydrogen (secondary N) is 1. The fourth-order valence-corrected chi connectivity index (χ4v) is 2.31. The highest BCUT2D eigenvalue weighted by Gasteiger charge is 2.16. The van der Waals surface area contributed by atoms with E-state index in [1.165, 1.54) is 21.3 Å². The Bertz CT molecular complexity index is 775. The number of hydrogen-bond donors (Lipinski definition) is 1. The van der Waals surface area contributed by atoms with Crippen molar-refractivity contribution in [2.75, 3.05) is 28.4 Å². The van der Waals surface area contributed by atoms with Crippen LogP contribution in [0.5, 0.6) is 23.0 Å². The number of carbonyl (C=O) groups excluding carboxylic acids is 1. The summed E-state index contributed by atoms with van der Waals surface area (Å²) in [6, 6.07) is 10.5. The van der Waals surface area contributed by atoms with E-state index in [0.717, 1.165) is 11.3 Å². The second-order valence-electron chi connectivity index (χ2n) is 5.28. The molecule has 0 radical (unpaired) electrons. The maximum Gasteiger partial charge on any atom is 0.271 e. The SMILES string of the molecule is COc1ccc(/C(C)=N\NC(=O)c2cc(OC)c(OC)c(OC)c2)cc1. The second kappa shape index (κ2) is 8.75. The van der Waals surface area contributed by atoms with Crippen LogP contribution < -0.4 is 24.4 Å². The van der Waals surface area contributed by atoms with E-state index >= 15 is 0 Å². The third-order valence-corrected chi connectivity index (χ3v) is 3.76. The third-order valence-electron chi connectivity index (χ3n) is 3.76. The van der Waals surface area contributed by atoms with Crippen LogP contribution in [0.2, 0.25) is 0 Å². The van der Waals surface area contributed by atoms with Crippen molar-refractivity contribution in [1.82, 2.24) is 5.43 Å². The zero-order valence-electron chi connectivity index (χ0n) is 15.5. The number of methoxy groups -OCH3 is 4. The minimum Gasteiger partial charge on any atom is -0.497 e. The van der Waals surface area contributed by atoms with Crippen LogP contribution in [-0.4, -0.2) is 40.1 Å². The van der Waals surface area contributed by atoms with Gasteiger partial charge in [0.1, 0.15) is 5.75 Å². The molecule has 7 heteroatoms. The van der Waals surface area contributed by atoms with Crippen LogP contribution in [0.1, 0.15) is 22.8 Å². The van der Waals surface area contributed by atoms with E-state index in [4.69, 9.17) is 18.9 Å². The van der Waals surface area contributed by atoms with Gasteiger partial charge in [-0.1, -0.05) is 0 Å². The number of ether oxygens (including phenoxy) is 4. The Balaban J connectivity index is 2.20. The van der Waals surface area contributed by atoms with Crippen LogP contribution in [0.4, 0.5) is 0 Å². The van der Waals surface area contributed by atoms with Gasteiger partial charge in [-0.2, -0.15) is 5.10 Å². The summed E-state index contributed by atoms with van der Waals surface area (Å²) in [7, 11) is 6.09. The van der Waals surface area contributed by atoms with Crippen molar-refractivity contribution in [2.45, 2.75) is 6.92 Å². The first kappa shape index (κ1) is 19.1. The minimum atomic E-state index is -0.392. The van der Waals surface area contributed by atoms with Gasteiger partial charge in [0.15, 0.2) is 11.5 Å². The Morgan fingerprint density at radius 1 is 0.846 bits per heavy atom. The molecule has 2 aromatic rings. The van der Waals surface area contributed by atoms with E-state index in [2.05, 4.69) is 10.5 Å². The molecule has 0 spiro atoms. The Morgan fingerprint density at radius 2 is 1.42 bits per heavy atom. The Hall–Kier alpha value is -3.22. The van der Waals surface area contributed by atoms with E-state index in [1.807, 2.05) is 24.3 Å². The van der Waals surface area contributed by atoms with Crippen molar-refractivity contribution in [2.24, 2.45) is 5.10 Å². The molecular weight excluding hydrogens is 336 g/mol. The number of amides is 1. The van der Waals surface area contributed by atoms with Gasteiger partial charge >= 0.3 is 0 Å². The largest absolute Gasteiger partial charge is 0.497 e. The summed E-state index contributed by atoms with van der Waals surface area (Å²) in [5.41, 5.74) is 4.40. The summed E-state index contributed by atoms with van der Waals surface area (Å²) >= 11 is 0. The van der Waals surface area contributed by atoms with E-state index in [9.17, 15) is 4.79 Å². The van der Waals surface area contributed by atoms with Crippen molar-refractivity contribution in [1.29, 1.82) is 0 Å². The highest BCUT2D eigenvalue weighted by molar-refractivity contribution is 6.01. The maximum absolute atomic E-state index is 12.4. The minimum absolute atomic E-state index is 0.339. The molecule has 0 saturated carbocycles. The fourth-order valence-electron chi connectivity index (χ4n) is 2.31. The summed E-state index contributed by atoms with van der Waals surface area (Å²) in [5.74, 6) is 1.57. The van der Waals surface area contributed by atoms with E-state index < -0.39 is 5.91 Å². The molecule has 0 fully saturated rings. The summed E-state index contributed by atoms with van der Waals surface area (Å²) in [6.07, 6.45) is 0. The lowest BCUT2D eigenvalue weighted by Crippen LogP contribution is -2.19. The van der Waals surface area contributed by atoms with Crippen LogP contribution >= 0.6 is 0 Å². The molecule has 0 aliphatic heterocycles. The Labute approximate surface area is 152 Å². The molecule has 0 aliphatic rings. The predicted octanol–water partition coefficient (Wildman–Crippen LogP) is 2.88. The molecule has 0 bridgehead atoms. The molecule has 1 N–H and O–H groups in total. The number of nitrogens with zero attached hydrogens (tertiary/aromatic N) is 1. The summed E-state index contributed by atoms with van der Waals surface area (Å²) in [6.45, 7) is 1.80. The summed E-state index contributed by atoms with van der Waals surface area (Å²) < 4.78 is 20.9. The number of hydrazone groups is 1. The third kappa shape index (κ3) is 4.24. The van der Waals surface area contributed by atoms with Gasteiger partial charge in [0.2, 0.25) is 5.75 Å². The lowest BCUT2D eigenvalue weighted by Gasteiger charge is -2.13. The molecule has 0 aromatic heterocycles. The molecule has 0 atom stereocenters. The highest BCUT2D eigenvalue weighted by atomic mass is 16.5. The topological polar surface area (TPSA) is 78.4 Å². The van der Waals surface area contributed by atoms with Gasteiger partial charge in [0.25, 0.3) is 5.91 Å². The van der Waals surface area contributed by atoms with Gasteiger partial charge in [-0.25, -0.2) is 5.43 Å². The van der Waals surface area contributed by atoms with Gasteiger partial charge in [0.05, 0.1) is 34.2 Å².